The Balaban J connectivity index is 3.65. The SMILES string of the molecule is CCOP(=O)(OCC)C1=C[C@H](N=C(N)N)[C@@H](NC(C)=O)[C@](C)([C@H](O)[C@H](O)CO)O1. The highest BCUT2D eigenvalue weighted by Gasteiger charge is 2.55. The molecule has 0 fully saturated rings. The van der Waals surface area contributed by atoms with Gasteiger partial charge in [-0.15, -0.1) is 0 Å². The van der Waals surface area contributed by atoms with Crippen LogP contribution in [0.5, 0.6) is 0 Å². The Labute approximate surface area is 169 Å². The summed E-state index contributed by atoms with van der Waals surface area (Å²) in [5.74, 6) is -0.842. The number of hydrogen-bond acceptors (Lipinski definition) is 9. The van der Waals surface area contributed by atoms with Crippen molar-refractivity contribution in [1.29, 1.82) is 0 Å². The van der Waals surface area contributed by atoms with E-state index in [-0.39, 0.29) is 24.7 Å². The Morgan fingerprint density at radius 1 is 1.38 bits per heavy atom. The minimum Gasteiger partial charge on any atom is -0.475 e. The van der Waals surface area contributed by atoms with Crippen LogP contribution in [0.2, 0.25) is 0 Å². The third-order valence-electron chi connectivity index (χ3n) is 4.26. The fraction of sp³-hybridized carbons (Fsp3) is 0.750. The summed E-state index contributed by atoms with van der Waals surface area (Å²) in [6.07, 6.45) is -2.11. The van der Waals surface area contributed by atoms with Gasteiger partial charge in [-0.25, -0.2) is 4.99 Å². The van der Waals surface area contributed by atoms with Crippen LogP contribution in [0.25, 0.3) is 0 Å². The summed E-state index contributed by atoms with van der Waals surface area (Å²) in [7, 11) is -3.97. The van der Waals surface area contributed by atoms with Crippen molar-refractivity contribution in [3.05, 3.63) is 11.6 Å². The highest BCUT2D eigenvalue weighted by molar-refractivity contribution is 7.58. The zero-order valence-corrected chi connectivity index (χ0v) is 17.8. The molecule has 1 heterocycles. The number of aliphatic imine (C=N–C) groups is 1. The number of guanidine groups is 1. The lowest BCUT2D eigenvalue weighted by molar-refractivity contribution is -0.159. The largest absolute Gasteiger partial charge is 0.475 e. The number of aliphatic hydroxyl groups is 3. The van der Waals surface area contributed by atoms with Gasteiger partial charge in [-0.1, -0.05) is 0 Å². The van der Waals surface area contributed by atoms with E-state index in [4.69, 9.17) is 25.3 Å². The van der Waals surface area contributed by atoms with Crippen molar-refractivity contribution >= 4 is 19.5 Å². The minimum absolute atomic E-state index is 0.0264. The van der Waals surface area contributed by atoms with Crippen LogP contribution >= 0.6 is 7.60 Å². The van der Waals surface area contributed by atoms with Gasteiger partial charge in [0.1, 0.15) is 18.2 Å². The summed E-state index contributed by atoms with van der Waals surface area (Å²) < 4.78 is 29.6. The average Bonchev–Trinajstić information content (AvgIpc) is 2.62. The van der Waals surface area contributed by atoms with Gasteiger partial charge < -0.3 is 45.9 Å². The molecule has 1 aliphatic heterocycles. The molecule has 0 saturated heterocycles. The molecule has 0 aliphatic carbocycles. The Hall–Kier alpha value is -1.69. The molecule has 0 bridgehead atoms. The number of aliphatic hydroxyl groups excluding tert-OH is 3. The summed E-state index contributed by atoms with van der Waals surface area (Å²) in [6, 6.07) is -2.15. The van der Waals surface area contributed by atoms with Crippen molar-refractivity contribution in [1.82, 2.24) is 5.32 Å². The first kappa shape index (κ1) is 25.3. The number of nitrogens with two attached hydrogens (primary N) is 2. The smallest absolute Gasteiger partial charge is 0.395 e. The van der Waals surface area contributed by atoms with Crippen molar-refractivity contribution in [2.24, 2.45) is 16.5 Å². The standard InChI is InChI=1S/C16H31N4O8P/c1-5-26-29(25,27-6-2)12-7-10(20-15(17)18)13(19-9(3)22)16(4,28-12)14(24)11(23)8-21/h7,10-11,13-14,21,23-24H,5-6,8H2,1-4H3,(H,19,22)(H4,17,18,20)/t10-,11+,13+,14+,16+/m0/s1. The van der Waals surface area contributed by atoms with Gasteiger partial charge in [0.2, 0.25) is 11.4 Å². The second-order valence-electron chi connectivity index (χ2n) is 6.54. The first-order valence-electron chi connectivity index (χ1n) is 9.08. The minimum atomic E-state index is -3.97. The van der Waals surface area contributed by atoms with Crippen LogP contribution in [-0.2, 0) is 23.1 Å². The maximum atomic E-state index is 13.2. The molecule has 13 heteroatoms. The molecule has 12 nitrogen and oxygen atoms in total. The zero-order valence-electron chi connectivity index (χ0n) is 16.9. The Morgan fingerprint density at radius 2 is 1.93 bits per heavy atom. The topological polar surface area (TPSA) is 199 Å². The van der Waals surface area contributed by atoms with Crippen molar-refractivity contribution < 1.29 is 38.5 Å². The van der Waals surface area contributed by atoms with E-state index in [2.05, 4.69) is 10.3 Å². The maximum absolute atomic E-state index is 13.2. The maximum Gasteiger partial charge on any atom is 0.395 e. The van der Waals surface area contributed by atoms with Gasteiger partial charge in [-0.2, -0.15) is 0 Å². The lowest BCUT2D eigenvalue weighted by atomic mass is 9.81. The third kappa shape index (κ3) is 5.91. The fourth-order valence-electron chi connectivity index (χ4n) is 3.01. The van der Waals surface area contributed by atoms with Crippen LogP contribution < -0.4 is 16.8 Å². The summed E-state index contributed by atoms with van der Waals surface area (Å²) in [6.45, 7) is 5.04. The molecule has 8 N–H and O–H groups in total. The molecule has 0 aromatic rings. The zero-order chi connectivity index (χ0) is 22.4. The Bertz CT molecular complexity index is 674. The summed E-state index contributed by atoms with van der Waals surface area (Å²) in [5, 5.41) is 32.6. The van der Waals surface area contributed by atoms with E-state index in [0.29, 0.717) is 0 Å². The van der Waals surface area contributed by atoms with E-state index in [1.165, 1.54) is 19.9 Å². The normalized spacial score (nSPS) is 26.7. The molecule has 5 atom stereocenters. The van der Waals surface area contributed by atoms with Crippen LogP contribution in [0.15, 0.2) is 16.6 Å². The Kier molecular flexibility index (Phi) is 9.07. The van der Waals surface area contributed by atoms with E-state index < -0.39 is 50.0 Å². The van der Waals surface area contributed by atoms with Gasteiger partial charge in [-0.05, 0) is 26.8 Å². The summed E-state index contributed by atoms with van der Waals surface area (Å²) in [4.78, 5) is 15.8. The molecular formula is C16H31N4O8P. The number of carbonyl (C=O) groups excluding carboxylic acids is 1. The Morgan fingerprint density at radius 3 is 2.34 bits per heavy atom. The number of rotatable bonds is 10. The van der Waals surface area contributed by atoms with E-state index in [1.807, 2.05) is 0 Å². The number of amides is 1. The predicted molar refractivity (Wildman–Crippen MR) is 105 cm³/mol. The highest BCUT2D eigenvalue weighted by Crippen LogP contribution is 2.59. The van der Waals surface area contributed by atoms with Crippen LogP contribution in [0, 0.1) is 0 Å². The van der Waals surface area contributed by atoms with Gasteiger partial charge >= 0.3 is 7.60 Å². The molecule has 1 aliphatic rings. The van der Waals surface area contributed by atoms with E-state index in [1.54, 1.807) is 13.8 Å². The van der Waals surface area contributed by atoms with Gasteiger partial charge in [0.05, 0.1) is 25.9 Å². The van der Waals surface area contributed by atoms with E-state index in [0.717, 1.165) is 0 Å². The summed E-state index contributed by atoms with van der Waals surface area (Å²) >= 11 is 0. The molecule has 0 saturated carbocycles. The molecule has 0 spiro atoms. The van der Waals surface area contributed by atoms with Crippen LogP contribution in [0.4, 0.5) is 0 Å². The number of ether oxygens (including phenoxy) is 1. The van der Waals surface area contributed by atoms with Crippen molar-refractivity contribution in [3.8, 4) is 0 Å². The van der Waals surface area contributed by atoms with Crippen LogP contribution in [0.1, 0.15) is 27.7 Å². The number of nitrogens with zero attached hydrogens (tertiary/aromatic N) is 1. The first-order valence-corrected chi connectivity index (χ1v) is 10.6. The molecule has 1 amide bonds. The second-order valence-corrected chi connectivity index (χ2v) is 8.49. The summed E-state index contributed by atoms with van der Waals surface area (Å²) in [5.41, 5.74) is 8.90. The molecule has 29 heavy (non-hydrogen) atoms. The number of hydrogen-bond donors (Lipinski definition) is 6. The number of carbonyl (C=O) groups is 1. The van der Waals surface area contributed by atoms with Gasteiger partial charge in [0, 0.05) is 6.92 Å². The van der Waals surface area contributed by atoms with E-state index in [9.17, 15) is 24.7 Å². The van der Waals surface area contributed by atoms with Crippen molar-refractivity contribution in [2.75, 3.05) is 19.8 Å². The van der Waals surface area contributed by atoms with Crippen molar-refractivity contribution in [3.63, 3.8) is 0 Å². The first-order chi connectivity index (χ1) is 13.4. The number of nitrogens with one attached hydrogen (secondary N) is 1. The molecule has 0 radical (unpaired) electrons. The monoisotopic (exact) mass is 438 g/mol. The van der Waals surface area contributed by atoms with Crippen LogP contribution in [-0.4, -0.2) is 76.9 Å². The molecular weight excluding hydrogens is 407 g/mol. The molecule has 168 valence electrons. The molecule has 0 aromatic heterocycles. The van der Waals surface area contributed by atoms with Crippen molar-refractivity contribution in [2.45, 2.75) is 57.6 Å². The van der Waals surface area contributed by atoms with Gasteiger partial charge in [-0.3, -0.25) is 9.36 Å². The quantitative estimate of drug-likeness (QED) is 0.136. The lowest BCUT2D eigenvalue weighted by Crippen LogP contribution is -2.67. The van der Waals surface area contributed by atoms with Crippen LogP contribution in [0.3, 0.4) is 0 Å². The predicted octanol–water partition coefficient (Wildman–Crippen LogP) is -1.26. The van der Waals surface area contributed by atoms with Gasteiger partial charge in [0.25, 0.3) is 0 Å². The lowest BCUT2D eigenvalue weighted by Gasteiger charge is -2.47. The third-order valence-corrected chi connectivity index (χ3v) is 6.24. The molecule has 0 aromatic carbocycles. The van der Waals surface area contributed by atoms with Gasteiger partial charge in [0.15, 0.2) is 11.6 Å². The molecule has 0 unspecified atom stereocenters. The second kappa shape index (κ2) is 10.4. The highest BCUT2D eigenvalue weighted by atomic mass is 31.2. The van der Waals surface area contributed by atoms with E-state index >= 15 is 0 Å². The fourth-order valence-corrected chi connectivity index (χ4v) is 4.67. The average molecular weight is 438 g/mol. The molecule has 1 rings (SSSR count).